The Balaban J connectivity index is 1.16. The number of pyridine rings is 1. The number of nitrogens with one attached hydrogen (secondary N) is 1. The molecule has 1 spiro atoms. The average Bonchev–Trinajstić information content (AvgIpc) is 3.63. The molecule has 2 aliphatic rings. The summed E-state index contributed by atoms with van der Waals surface area (Å²) in [6, 6.07) is 8.01. The number of piperidine rings is 1. The van der Waals surface area contributed by atoms with Gasteiger partial charge in [0.25, 0.3) is 5.69 Å². The summed E-state index contributed by atoms with van der Waals surface area (Å²) in [6.07, 6.45) is 3.81. The highest BCUT2D eigenvalue weighted by Crippen LogP contribution is 2.36. The van der Waals surface area contributed by atoms with E-state index in [1.54, 1.807) is 54.0 Å². The third kappa shape index (κ3) is 7.23. The van der Waals surface area contributed by atoms with Crippen LogP contribution in [0.3, 0.4) is 0 Å². The van der Waals surface area contributed by atoms with Crippen molar-refractivity contribution in [1.29, 1.82) is 0 Å². The van der Waals surface area contributed by atoms with Crippen molar-refractivity contribution in [2.24, 2.45) is 13.0 Å². The van der Waals surface area contributed by atoms with E-state index in [-0.39, 0.29) is 23.9 Å². The molecule has 0 saturated carbocycles. The smallest absolute Gasteiger partial charge is 0.337 e. The van der Waals surface area contributed by atoms with Crippen molar-refractivity contribution in [3.63, 3.8) is 0 Å². The lowest BCUT2D eigenvalue weighted by atomic mass is 10.0. The zero-order valence-electron chi connectivity index (χ0n) is 25.9. The molecule has 1 atom stereocenters. The first-order chi connectivity index (χ1) is 21.6. The molecule has 1 aromatic carbocycles. The fraction of sp³-hybridized carbons (Fsp3) is 0.484. The zero-order valence-corrected chi connectivity index (χ0v) is 25.9. The molecule has 2 aromatic heterocycles. The monoisotopic (exact) mass is 622 g/mol. The summed E-state index contributed by atoms with van der Waals surface area (Å²) >= 11 is 0. The van der Waals surface area contributed by atoms with Crippen LogP contribution in [0.1, 0.15) is 48.7 Å². The number of carbonyl (C=O) groups excluding carboxylic acids is 2. The van der Waals surface area contributed by atoms with Crippen LogP contribution in [-0.2, 0) is 26.1 Å². The molecule has 1 N–H and O–H groups in total. The molecule has 0 unspecified atom stereocenters. The first-order valence-corrected chi connectivity index (χ1v) is 14.9. The highest BCUT2D eigenvalue weighted by atomic mass is 16.7. The Morgan fingerprint density at radius 2 is 2.02 bits per heavy atom. The van der Waals surface area contributed by atoms with Crippen LogP contribution in [0.2, 0.25) is 0 Å². The average molecular weight is 623 g/mol. The minimum Gasteiger partial charge on any atom is -0.477 e. The molecule has 4 heterocycles. The molecular formula is C31H38N6O8. The van der Waals surface area contributed by atoms with Crippen molar-refractivity contribution < 1.29 is 33.5 Å². The van der Waals surface area contributed by atoms with Crippen LogP contribution in [-0.4, -0.2) is 77.4 Å². The summed E-state index contributed by atoms with van der Waals surface area (Å²) in [6.45, 7) is 6.10. The van der Waals surface area contributed by atoms with E-state index >= 15 is 0 Å². The summed E-state index contributed by atoms with van der Waals surface area (Å²) in [4.78, 5) is 42.5. The minimum atomic E-state index is -0.849. The van der Waals surface area contributed by atoms with Crippen molar-refractivity contribution in [3.8, 4) is 17.1 Å². The van der Waals surface area contributed by atoms with E-state index in [0.717, 1.165) is 12.8 Å². The van der Waals surface area contributed by atoms with Crippen molar-refractivity contribution in [3.05, 3.63) is 57.9 Å². The Morgan fingerprint density at radius 3 is 2.73 bits per heavy atom. The molecule has 0 bridgehead atoms. The number of hydrogen-bond acceptors (Lipinski definition) is 11. The minimum absolute atomic E-state index is 0.0541. The number of ether oxygens (including phenoxy) is 4. The Hall–Kier alpha value is -4.56. The van der Waals surface area contributed by atoms with Crippen LogP contribution >= 0.6 is 0 Å². The van der Waals surface area contributed by atoms with Gasteiger partial charge in [-0.25, -0.2) is 9.48 Å². The van der Waals surface area contributed by atoms with Gasteiger partial charge < -0.3 is 29.2 Å². The SMILES string of the molecule is COC(=O)c1cc(C)nc(-c2cnn(C)c2OCCC[C@@H](C)CNc2cc(N3CCC4(CC3=O)OCCO4)ccc2[N+](=O)[O-])c1. The van der Waals surface area contributed by atoms with E-state index in [1.807, 2.05) is 0 Å². The number of benzene rings is 1. The normalized spacial score (nSPS) is 16.5. The molecule has 2 fully saturated rings. The zero-order chi connectivity index (χ0) is 32.1. The van der Waals surface area contributed by atoms with E-state index in [2.05, 4.69) is 22.3 Å². The van der Waals surface area contributed by atoms with Crippen LogP contribution in [0.25, 0.3) is 11.3 Å². The van der Waals surface area contributed by atoms with Crippen LogP contribution in [0, 0.1) is 23.0 Å². The number of methoxy groups -OCH3 is 1. The van der Waals surface area contributed by atoms with Gasteiger partial charge in [0.2, 0.25) is 11.8 Å². The van der Waals surface area contributed by atoms with Crippen LogP contribution in [0.15, 0.2) is 36.5 Å². The maximum Gasteiger partial charge on any atom is 0.337 e. The van der Waals surface area contributed by atoms with Crippen molar-refractivity contribution in [2.45, 2.75) is 45.3 Å². The van der Waals surface area contributed by atoms with E-state index in [1.165, 1.54) is 13.2 Å². The molecule has 14 nitrogen and oxygen atoms in total. The fourth-order valence-electron chi connectivity index (χ4n) is 5.63. The predicted molar refractivity (Wildman–Crippen MR) is 164 cm³/mol. The molecular weight excluding hydrogens is 584 g/mol. The van der Waals surface area contributed by atoms with Gasteiger partial charge in [-0.2, -0.15) is 5.10 Å². The first-order valence-electron chi connectivity index (χ1n) is 14.9. The Kier molecular flexibility index (Phi) is 9.63. The summed E-state index contributed by atoms with van der Waals surface area (Å²) in [5, 5.41) is 19.3. The number of hydrogen-bond donors (Lipinski definition) is 1. The number of nitro groups is 1. The van der Waals surface area contributed by atoms with Gasteiger partial charge in [0, 0.05) is 44.0 Å². The molecule has 45 heavy (non-hydrogen) atoms. The quantitative estimate of drug-likeness (QED) is 0.133. The first kappa shape index (κ1) is 31.9. The number of amides is 1. The molecule has 2 saturated heterocycles. The van der Waals surface area contributed by atoms with Crippen molar-refractivity contribution in [1.82, 2.24) is 14.8 Å². The second kappa shape index (κ2) is 13.6. The molecule has 0 radical (unpaired) electrons. The lowest BCUT2D eigenvalue weighted by Gasteiger charge is -2.37. The van der Waals surface area contributed by atoms with Gasteiger partial charge in [0.15, 0.2) is 5.79 Å². The number of aryl methyl sites for hydroxylation is 2. The highest BCUT2D eigenvalue weighted by molar-refractivity contribution is 5.95. The second-order valence-electron chi connectivity index (χ2n) is 11.4. The molecule has 14 heteroatoms. The van der Waals surface area contributed by atoms with Gasteiger partial charge in [-0.3, -0.25) is 19.9 Å². The lowest BCUT2D eigenvalue weighted by Crippen LogP contribution is -2.48. The van der Waals surface area contributed by atoms with Gasteiger partial charge in [0.1, 0.15) is 5.69 Å². The summed E-state index contributed by atoms with van der Waals surface area (Å²) in [5.74, 6) is -0.744. The van der Waals surface area contributed by atoms with E-state index in [0.29, 0.717) is 79.1 Å². The molecule has 0 aliphatic carbocycles. The van der Waals surface area contributed by atoms with Gasteiger partial charge in [-0.05, 0) is 49.9 Å². The molecule has 240 valence electrons. The van der Waals surface area contributed by atoms with Gasteiger partial charge >= 0.3 is 5.97 Å². The van der Waals surface area contributed by atoms with Gasteiger partial charge in [-0.1, -0.05) is 6.92 Å². The highest BCUT2D eigenvalue weighted by Gasteiger charge is 2.44. The van der Waals surface area contributed by atoms with E-state index in [4.69, 9.17) is 18.9 Å². The summed E-state index contributed by atoms with van der Waals surface area (Å²) in [5.41, 5.74) is 3.19. The Bertz CT molecular complexity index is 1570. The molecule has 3 aromatic rings. The largest absolute Gasteiger partial charge is 0.477 e. The van der Waals surface area contributed by atoms with Gasteiger partial charge in [0.05, 0.1) is 61.3 Å². The number of esters is 1. The van der Waals surface area contributed by atoms with Crippen LogP contribution < -0.4 is 15.0 Å². The second-order valence-corrected chi connectivity index (χ2v) is 11.4. The number of nitro benzene ring substituents is 1. The standard InChI is InChI=1S/C31H38N6O8/c1-20(6-5-11-43-29-24(19-33-35(29)3)25-15-22(30(39)42-4)14-21(2)34-25)18-32-26-16-23(7-8-27(26)37(40)41)36-10-9-31(17-28(36)38)44-12-13-45-31/h7-8,14-16,19-20,32H,5-6,9-13,17-18H2,1-4H3/t20-/m1/s1. The van der Waals surface area contributed by atoms with Crippen molar-refractivity contribution in [2.75, 3.05) is 50.2 Å². The number of nitrogens with zero attached hydrogens (tertiary/aromatic N) is 5. The maximum atomic E-state index is 12.9. The number of anilines is 2. The molecule has 2 aliphatic heterocycles. The summed E-state index contributed by atoms with van der Waals surface area (Å²) < 4.78 is 23.9. The Morgan fingerprint density at radius 1 is 1.24 bits per heavy atom. The molecule has 5 rings (SSSR count). The Labute approximate surface area is 260 Å². The third-order valence-electron chi connectivity index (χ3n) is 8.00. The lowest BCUT2D eigenvalue weighted by molar-refractivity contribution is -0.384. The van der Waals surface area contributed by atoms with E-state index in [9.17, 15) is 19.7 Å². The van der Waals surface area contributed by atoms with Crippen LogP contribution in [0.4, 0.5) is 17.1 Å². The predicted octanol–water partition coefficient (Wildman–Crippen LogP) is 4.26. The molecule has 1 amide bonds. The van der Waals surface area contributed by atoms with Crippen LogP contribution in [0.5, 0.6) is 5.88 Å². The number of aromatic nitrogens is 3. The topological polar surface area (TPSA) is 160 Å². The summed E-state index contributed by atoms with van der Waals surface area (Å²) in [7, 11) is 3.11. The third-order valence-corrected chi connectivity index (χ3v) is 8.00. The fourth-order valence-corrected chi connectivity index (χ4v) is 5.63. The van der Waals surface area contributed by atoms with Gasteiger partial charge in [-0.15, -0.1) is 0 Å². The number of rotatable bonds is 12. The van der Waals surface area contributed by atoms with Crippen molar-refractivity contribution >= 4 is 28.9 Å². The number of carbonyl (C=O) groups is 2. The van der Waals surface area contributed by atoms with E-state index < -0.39 is 16.7 Å². The maximum absolute atomic E-state index is 12.9.